The van der Waals surface area contributed by atoms with Crippen molar-refractivity contribution < 1.29 is 24.4 Å². The van der Waals surface area contributed by atoms with Gasteiger partial charge in [0, 0.05) is 22.7 Å². The van der Waals surface area contributed by atoms with E-state index in [0.717, 1.165) is 0 Å². The van der Waals surface area contributed by atoms with Crippen LogP contribution in [0.4, 0.5) is 15.9 Å². The van der Waals surface area contributed by atoms with Crippen LogP contribution < -0.4 is 20.5 Å². The number of nitrogens with zero attached hydrogens (tertiary/aromatic N) is 1. The third-order valence-corrected chi connectivity index (χ3v) is 2.81. The standard InChI is InChI=1S/C12H9FN2O4/c13-19-6-1-2-11-7(3-6)15(14)8-4-9(16)10(17)5-12(8)18-11/h1-5,16-17H,14H2. The summed E-state index contributed by atoms with van der Waals surface area (Å²) in [5.41, 5.74) is 0.701. The van der Waals surface area contributed by atoms with E-state index in [-0.39, 0.29) is 23.0 Å². The Bertz CT molecular complexity index is 662. The van der Waals surface area contributed by atoms with Crippen molar-refractivity contribution in [3.8, 4) is 28.7 Å². The average molecular weight is 264 g/mol. The minimum atomic E-state index is -0.334. The summed E-state index contributed by atoms with van der Waals surface area (Å²) in [7, 11) is 0. The molecule has 2 aromatic carbocycles. The first-order valence-corrected chi connectivity index (χ1v) is 5.31. The quantitative estimate of drug-likeness (QED) is 0.541. The molecule has 19 heavy (non-hydrogen) atoms. The van der Waals surface area contributed by atoms with Crippen LogP contribution in [0, 0.1) is 0 Å². The number of hydrogen-bond acceptors (Lipinski definition) is 6. The van der Waals surface area contributed by atoms with Crippen LogP contribution >= 0.6 is 0 Å². The normalized spacial score (nSPS) is 12.4. The smallest absolute Gasteiger partial charge is 0.174 e. The first kappa shape index (κ1) is 11.4. The van der Waals surface area contributed by atoms with Gasteiger partial charge in [0.2, 0.25) is 0 Å². The minimum absolute atomic E-state index is 0.0238. The Morgan fingerprint density at radius 3 is 2.47 bits per heavy atom. The van der Waals surface area contributed by atoms with Gasteiger partial charge in [0.15, 0.2) is 28.7 Å². The molecule has 0 fully saturated rings. The Hall–Kier alpha value is -2.67. The van der Waals surface area contributed by atoms with Gasteiger partial charge in [-0.25, -0.2) is 5.84 Å². The summed E-state index contributed by atoms with van der Waals surface area (Å²) in [6.45, 7) is 0. The molecule has 0 spiro atoms. The van der Waals surface area contributed by atoms with E-state index in [1.807, 2.05) is 0 Å². The summed E-state index contributed by atoms with van der Waals surface area (Å²) >= 11 is 0. The molecular weight excluding hydrogens is 255 g/mol. The highest BCUT2D eigenvalue weighted by molar-refractivity contribution is 5.79. The summed E-state index contributed by atoms with van der Waals surface area (Å²) in [6, 6.07) is 6.70. The molecule has 1 aliphatic rings. The lowest BCUT2D eigenvalue weighted by molar-refractivity contribution is -0.00619. The van der Waals surface area contributed by atoms with Gasteiger partial charge in [-0.1, -0.05) is 0 Å². The van der Waals surface area contributed by atoms with E-state index in [2.05, 4.69) is 4.94 Å². The fourth-order valence-electron chi connectivity index (χ4n) is 1.88. The van der Waals surface area contributed by atoms with E-state index < -0.39 is 0 Å². The number of halogens is 1. The molecule has 0 aliphatic carbocycles. The first-order chi connectivity index (χ1) is 9.10. The predicted molar refractivity (Wildman–Crippen MR) is 64.4 cm³/mol. The van der Waals surface area contributed by atoms with Crippen molar-refractivity contribution in [2.45, 2.75) is 0 Å². The SMILES string of the molecule is NN1c2cc(OF)ccc2Oc2cc(O)c(O)cc21. The molecule has 6 nitrogen and oxygen atoms in total. The highest BCUT2D eigenvalue weighted by Crippen LogP contribution is 2.49. The number of fused-ring (bicyclic) bond motifs is 2. The van der Waals surface area contributed by atoms with E-state index >= 15 is 0 Å². The van der Waals surface area contributed by atoms with Crippen LogP contribution in [0.15, 0.2) is 30.3 Å². The molecule has 3 rings (SSSR count). The lowest BCUT2D eigenvalue weighted by Crippen LogP contribution is -2.28. The second kappa shape index (κ2) is 3.92. The number of phenols is 2. The molecule has 7 heteroatoms. The van der Waals surface area contributed by atoms with Gasteiger partial charge >= 0.3 is 0 Å². The second-order valence-electron chi connectivity index (χ2n) is 3.99. The van der Waals surface area contributed by atoms with E-state index in [1.165, 1.54) is 35.3 Å². The number of phenolic OH excluding ortho intramolecular Hbond substituents is 2. The Kier molecular flexibility index (Phi) is 2.36. The average Bonchev–Trinajstić information content (AvgIpc) is 2.41. The predicted octanol–water partition coefficient (Wildman–Crippen LogP) is 2.48. The molecular formula is C12H9FN2O4. The van der Waals surface area contributed by atoms with Crippen molar-refractivity contribution in [2.75, 3.05) is 5.01 Å². The molecule has 0 saturated carbocycles. The minimum Gasteiger partial charge on any atom is -0.504 e. The van der Waals surface area contributed by atoms with Crippen molar-refractivity contribution in [2.24, 2.45) is 5.84 Å². The van der Waals surface area contributed by atoms with Gasteiger partial charge in [-0.05, 0) is 12.1 Å². The van der Waals surface area contributed by atoms with Crippen LogP contribution in [0.2, 0.25) is 0 Å². The highest BCUT2D eigenvalue weighted by atomic mass is 19.3. The van der Waals surface area contributed by atoms with Crippen LogP contribution in [-0.2, 0) is 0 Å². The van der Waals surface area contributed by atoms with Gasteiger partial charge in [0.1, 0.15) is 11.4 Å². The largest absolute Gasteiger partial charge is 0.504 e. The Labute approximate surface area is 106 Å². The maximum atomic E-state index is 12.2. The number of hydrazine groups is 1. The zero-order valence-electron chi connectivity index (χ0n) is 9.50. The van der Waals surface area contributed by atoms with Crippen LogP contribution in [0.1, 0.15) is 0 Å². The van der Waals surface area contributed by atoms with E-state index in [0.29, 0.717) is 17.1 Å². The third-order valence-electron chi connectivity index (χ3n) is 2.81. The van der Waals surface area contributed by atoms with Crippen LogP contribution in [0.3, 0.4) is 0 Å². The highest BCUT2D eigenvalue weighted by Gasteiger charge is 2.25. The summed E-state index contributed by atoms with van der Waals surface area (Å²) in [4.78, 5) is 3.63. The molecule has 0 aromatic heterocycles. The maximum Gasteiger partial charge on any atom is 0.174 e. The summed E-state index contributed by atoms with van der Waals surface area (Å²) in [5, 5.41) is 20.1. The zero-order chi connectivity index (χ0) is 13.6. The number of nitrogens with two attached hydrogens (primary N) is 1. The third kappa shape index (κ3) is 1.67. The summed E-state index contributed by atoms with van der Waals surface area (Å²) in [6.07, 6.45) is 0. The van der Waals surface area contributed by atoms with Gasteiger partial charge in [0.25, 0.3) is 0 Å². The lowest BCUT2D eigenvalue weighted by atomic mass is 10.2. The fraction of sp³-hybridized carbons (Fsp3) is 0. The van der Waals surface area contributed by atoms with Crippen LogP contribution in [-0.4, -0.2) is 10.2 Å². The Morgan fingerprint density at radius 2 is 1.74 bits per heavy atom. The van der Waals surface area contributed by atoms with Gasteiger partial charge in [0.05, 0.1) is 0 Å². The molecule has 0 unspecified atom stereocenters. The number of aromatic hydroxyl groups is 2. The molecule has 0 saturated heterocycles. The topological polar surface area (TPSA) is 88.2 Å². The molecule has 1 aliphatic heterocycles. The van der Waals surface area contributed by atoms with Crippen molar-refractivity contribution in [1.29, 1.82) is 0 Å². The Balaban J connectivity index is 2.14. The maximum absolute atomic E-state index is 12.2. The van der Waals surface area contributed by atoms with Gasteiger partial charge < -0.3 is 14.9 Å². The van der Waals surface area contributed by atoms with Crippen molar-refractivity contribution >= 4 is 11.4 Å². The van der Waals surface area contributed by atoms with E-state index in [4.69, 9.17) is 10.6 Å². The molecule has 1 heterocycles. The number of hydrogen-bond donors (Lipinski definition) is 3. The summed E-state index contributed by atoms with van der Waals surface area (Å²) < 4.78 is 17.7. The van der Waals surface area contributed by atoms with Crippen molar-refractivity contribution in [1.82, 2.24) is 0 Å². The molecule has 0 amide bonds. The fourth-order valence-corrected chi connectivity index (χ4v) is 1.88. The molecule has 0 atom stereocenters. The van der Waals surface area contributed by atoms with Crippen molar-refractivity contribution in [3.63, 3.8) is 0 Å². The second-order valence-corrected chi connectivity index (χ2v) is 3.99. The molecule has 0 bridgehead atoms. The monoisotopic (exact) mass is 264 g/mol. The molecule has 98 valence electrons. The number of rotatable bonds is 1. The number of ether oxygens (including phenoxy) is 1. The number of anilines is 2. The van der Waals surface area contributed by atoms with E-state index in [1.54, 1.807) is 0 Å². The number of benzene rings is 2. The lowest BCUT2D eigenvalue weighted by Gasteiger charge is -2.29. The molecule has 0 radical (unpaired) electrons. The zero-order valence-corrected chi connectivity index (χ0v) is 9.50. The molecule has 4 N–H and O–H groups in total. The Morgan fingerprint density at radius 1 is 1.05 bits per heavy atom. The van der Waals surface area contributed by atoms with Crippen LogP contribution in [0.25, 0.3) is 0 Å². The summed E-state index contributed by atoms with van der Waals surface area (Å²) in [5.74, 6) is 5.86. The first-order valence-electron chi connectivity index (χ1n) is 5.31. The van der Waals surface area contributed by atoms with Gasteiger partial charge in [-0.15, -0.1) is 0 Å². The van der Waals surface area contributed by atoms with Gasteiger partial charge in [-0.2, -0.15) is 0 Å². The van der Waals surface area contributed by atoms with E-state index in [9.17, 15) is 14.7 Å². The molecule has 2 aromatic rings. The van der Waals surface area contributed by atoms with Gasteiger partial charge in [-0.3, -0.25) is 9.95 Å². The van der Waals surface area contributed by atoms with Crippen LogP contribution in [0.5, 0.6) is 28.7 Å². The van der Waals surface area contributed by atoms with Crippen molar-refractivity contribution in [3.05, 3.63) is 30.3 Å².